The summed E-state index contributed by atoms with van der Waals surface area (Å²) in [7, 11) is 0. The smallest absolute Gasteiger partial charge is 0.282 e. The van der Waals surface area contributed by atoms with E-state index in [-0.39, 0.29) is 17.2 Å². The number of nitro benzene ring substituents is 1. The molecule has 2 amide bonds. The van der Waals surface area contributed by atoms with E-state index in [1.807, 2.05) is 13.0 Å². The molecule has 2 aromatic carbocycles. The lowest BCUT2D eigenvalue weighted by atomic mass is 10.0. The third-order valence-electron chi connectivity index (χ3n) is 4.41. The highest BCUT2D eigenvalue weighted by atomic mass is 16.6. The van der Waals surface area contributed by atoms with Gasteiger partial charge in [0.15, 0.2) is 0 Å². The number of carbonyl (C=O) groups excluding carboxylic acids is 2. The molecule has 1 heterocycles. The van der Waals surface area contributed by atoms with Crippen LogP contribution in [0.1, 0.15) is 35.7 Å². The van der Waals surface area contributed by atoms with Crippen molar-refractivity contribution < 1.29 is 14.5 Å². The van der Waals surface area contributed by atoms with E-state index < -0.39 is 10.8 Å². The van der Waals surface area contributed by atoms with Crippen molar-refractivity contribution in [1.29, 1.82) is 0 Å². The molecular weight excluding hydrogens is 334 g/mol. The number of nitrogens with one attached hydrogen (secondary N) is 1. The zero-order chi connectivity index (χ0) is 18.7. The molecule has 2 aromatic rings. The Morgan fingerprint density at radius 3 is 2.73 bits per heavy atom. The fourth-order valence-corrected chi connectivity index (χ4v) is 3.13. The number of anilines is 2. The second kappa shape index (κ2) is 7.35. The van der Waals surface area contributed by atoms with Gasteiger partial charge >= 0.3 is 0 Å². The number of hydrogen-bond acceptors (Lipinski definition) is 4. The summed E-state index contributed by atoms with van der Waals surface area (Å²) in [4.78, 5) is 36.9. The Hall–Kier alpha value is -3.22. The zero-order valence-corrected chi connectivity index (χ0v) is 14.4. The first-order valence-corrected chi connectivity index (χ1v) is 8.49. The Labute approximate surface area is 150 Å². The van der Waals surface area contributed by atoms with Gasteiger partial charge in [0.05, 0.1) is 4.92 Å². The number of rotatable bonds is 4. The predicted molar refractivity (Wildman–Crippen MR) is 98.5 cm³/mol. The molecule has 7 heteroatoms. The van der Waals surface area contributed by atoms with Crippen LogP contribution in [-0.4, -0.2) is 23.3 Å². The summed E-state index contributed by atoms with van der Waals surface area (Å²) in [5.74, 6) is -0.519. The molecule has 1 aliphatic heterocycles. The minimum absolute atomic E-state index is 0.00305. The van der Waals surface area contributed by atoms with Gasteiger partial charge in [0.1, 0.15) is 5.56 Å². The van der Waals surface area contributed by atoms with E-state index in [0.717, 1.165) is 24.1 Å². The van der Waals surface area contributed by atoms with Gasteiger partial charge in [-0.05, 0) is 36.6 Å². The maximum atomic E-state index is 12.5. The van der Waals surface area contributed by atoms with Crippen molar-refractivity contribution in [3.63, 3.8) is 0 Å². The fraction of sp³-hybridized carbons (Fsp3) is 0.263. The lowest BCUT2D eigenvalue weighted by Crippen LogP contribution is -2.35. The molecule has 26 heavy (non-hydrogen) atoms. The minimum Gasteiger partial charge on any atom is -0.322 e. The van der Waals surface area contributed by atoms with Crippen LogP contribution < -0.4 is 10.2 Å². The molecule has 1 N–H and O–H groups in total. The van der Waals surface area contributed by atoms with Crippen LogP contribution in [0, 0.1) is 10.1 Å². The van der Waals surface area contributed by atoms with Crippen molar-refractivity contribution in [2.24, 2.45) is 0 Å². The molecule has 0 radical (unpaired) electrons. The van der Waals surface area contributed by atoms with Crippen LogP contribution in [-0.2, 0) is 11.2 Å². The van der Waals surface area contributed by atoms with E-state index in [4.69, 9.17) is 0 Å². The zero-order valence-electron chi connectivity index (χ0n) is 14.4. The number of para-hydroxylation sites is 1. The number of benzene rings is 2. The topological polar surface area (TPSA) is 92.6 Å². The van der Waals surface area contributed by atoms with Crippen LogP contribution in [0.4, 0.5) is 17.1 Å². The molecule has 0 aliphatic carbocycles. The molecule has 0 saturated carbocycles. The van der Waals surface area contributed by atoms with E-state index in [2.05, 4.69) is 5.32 Å². The molecule has 0 saturated heterocycles. The van der Waals surface area contributed by atoms with Gasteiger partial charge in [-0.2, -0.15) is 0 Å². The normalized spacial score (nSPS) is 13.0. The molecule has 134 valence electrons. The third kappa shape index (κ3) is 3.42. The van der Waals surface area contributed by atoms with E-state index >= 15 is 0 Å². The van der Waals surface area contributed by atoms with Crippen LogP contribution in [0.25, 0.3) is 0 Å². The van der Waals surface area contributed by atoms with Crippen molar-refractivity contribution in [2.45, 2.75) is 26.2 Å². The van der Waals surface area contributed by atoms with Crippen LogP contribution >= 0.6 is 0 Å². The van der Waals surface area contributed by atoms with Gasteiger partial charge in [-0.15, -0.1) is 0 Å². The highest BCUT2D eigenvalue weighted by Crippen LogP contribution is 2.31. The van der Waals surface area contributed by atoms with E-state index in [1.165, 1.54) is 18.2 Å². The summed E-state index contributed by atoms with van der Waals surface area (Å²) in [6, 6.07) is 11.2. The Morgan fingerprint density at radius 2 is 2.00 bits per heavy atom. The number of nitro groups is 1. The van der Waals surface area contributed by atoms with Gasteiger partial charge < -0.3 is 10.2 Å². The lowest BCUT2D eigenvalue weighted by molar-refractivity contribution is -0.385. The number of carbonyl (C=O) groups is 2. The van der Waals surface area contributed by atoms with E-state index in [0.29, 0.717) is 18.7 Å². The SMILES string of the molecule is CCC(=O)N1CCCc2ccc(NC(=O)c3ccccc3[N+](=O)[O-])cc21. The van der Waals surface area contributed by atoms with Crippen LogP contribution in [0.5, 0.6) is 0 Å². The maximum Gasteiger partial charge on any atom is 0.282 e. The van der Waals surface area contributed by atoms with Gasteiger partial charge in [-0.25, -0.2) is 0 Å². The standard InChI is InChI=1S/C19H19N3O4/c1-2-18(23)21-11-5-6-13-9-10-14(12-17(13)21)20-19(24)15-7-3-4-8-16(15)22(25)26/h3-4,7-10,12H,2,5-6,11H2,1H3,(H,20,24). The molecule has 1 aliphatic rings. The van der Waals surface area contributed by atoms with E-state index in [1.54, 1.807) is 23.1 Å². The number of fused-ring (bicyclic) bond motifs is 1. The van der Waals surface area contributed by atoms with Crippen molar-refractivity contribution in [2.75, 3.05) is 16.8 Å². The Morgan fingerprint density at radius 1 is 1.23 bits per heavy atom. The highest BCUT2D eigenvalue weighted by Gasteiger charge is 2.23. The monoisotopic (exact) mass is 353 g/mol. The Kier molecular flexibility index (Phi) is 4.97. The molecule has 0 atom stereocenters. The highest BCUT2D eigenvalue weighted by molar-refractivity contribution is 6.07. The molecular formula is C19H19N3O4. The summed E-state index contributed by atoms with van der Waals surface area (Å²) in [6.45, 7) is 2.47. The molecule has 0 bridgehead atoms. The minimum atomic E-state index is -0.580. The quantitative estimate of drug-likeness (QED) is 0.672. The first kappa shape index (κ1) is 17.6. The summed E-state index contributed by atoms with van der Waals surface area (Å²) in [5.41, 5.74) is 2.11. The largest absolute Gasteiger partial charge is 0.322 e. The van der Waals surface area contributed by atoms with Crippen molar-refractivity contribution in [1.82, 2.24) is 0 Å². The van der Waals surface area contributed by atoms with Crippen LogP contribution in [0.2, 0.25) is 0 Å². The first-order chi connectivity index (χ1) is 12.5. The second-order valence-electron chi connectivity index (χ2n) is 6.07. The van der Waals surface area contributed by atoms with Crippen molar-refractivity contribution >= 4 is 28.9 Å². The molecule has 0 fully saturated rings. The number of aryl methyl sites for hydroxylation is 1. The summed E-state index contributed by atoms with van der Waals surface area (Å²) in [5, 5.41) is 13.8. The number of hydrogen-bond donors (Lipinski definition) is 1. The van der Waals surface area contributed by atoms with Crippen LogP contribution in [0.15, 0.2) is 42.5 Å². The molecule has 7 nitrogen and oxygen atoms in total. The average molecular weight is 353 g/mol. The molecule has 0 spiro atoms. The van der Waals surface area contributed by atoms with Gasteiger partial charge in [0, 0.05) is 30.4 Å². The van der Waals surface area contributed by atoms with Gasteiger partial charge in [0.25, 0.3) is 11.6 Å². The van der Waals surface area contributed by atoms with Gasteiger partial charge in [-0.3, -0.25) is 19.7 Å². The van der Waals surface area contributed by atoms with Crippen LogP contribution in [0.3, 0.4) is 0 Å². The lowest BCUT2D eigenvalue weighted by Gasteiger charge is -2.29. The molecule has 0 aromatic heterocycles. The van der Waals surface area contributed by atoms with Crippen molar-refractivity contribution in [3.05, 3.63) is 63.7 Å². The third-order valence-corrected chi connectivity index (χ3v) is 4.41. The second-order valence-corrected chi connectivity index (χ2v) is 6.07. The Balaban J connectivity index is 1.89. The van der Waals surface area contributed by atoms with Gasteiger partial charge in [0.2, 0.25) is 5.91 Å². The predicted octanol–water partition coefficient (Wildman–Crippen LogP) is 3.54. The van der Waals surface area contributed by atoms with Gasteiger partial charge in [-0.1, -0.05) is 25.1 Å². The fourth-order valence-electron chi connectivity index (χ4n) is 3.13. The Bertz CT molecular complexity index is 879. The summed E-state index contributed by atoms with van der Waals surface area (Å²) < 4.78 is 0. The molecule has 3 rings (SSSR count). The average Bonchev–Trinajstić information content (AvgIpc) is 2.66. The number of nitrogens with zero attached hydrogens (tertiary/aromatic N) is 2. The summed E-state index contributed by atoms with van der Waals surface area (Å²) >= 11 is 0. The van der Waals surface area contributed by atoms with Crippen molar-refractivity contribution in [3.8, 4) is 0 Å². The first-order valence-electron chi connectivity index (χ1n) is 8.49. The maximum absolute atomic E-state index is 12.5. The van der Waals surface area contributed by atoms with E-state index in [9.17, 15) is 19.7 Å². The molecule has 0 unspecified atom stereocenters. The number of amides is 2. The summed E-state index contributed by atoms with van der Waals surface area (Å²) in [6.07, 6.45) is 2.19.